The summed E-state index contributed by atoms with van der Waals surface area (Å²) in [6.45, 7) is 2.61. The summed E-state index contributed by atoms with van der Waals surface area (Å²) in [4.78, 5) is 18.2. The summed E-state index contributed by atoms with van der Waals surface area (Å²) in [6, 6.07) is 7.96. The van der Waals surface area contributed by atoms with Crippen LogP contribution in [0, 0.1) is 3.57 Å². The molecule has 0 amide bonds. The second-order valence-electron chi connectivity index (χ2n) is 8.22. The van der Waals surface area contributed by atoms with Crippen LogP contribution in [0.1, 0.15) is 12.8 Å². The fourth-order valence-electron chi connectivity index (χ4n) is 4.07. The van der Waals surface area contributed by atoms with Gasteiger partial charge in [-0.1, -0.05) is 6.07 Å². The second kappa shape index (κ2) is 10.4. The Hall–Kier alpha value is -1.51. The minimum absolute atomic E-state index is 0. The number of halogens is 2. The maximum absolute atomic E-state index is 6.20. The van der Waals surface area contributed by atoms with Crippen molar-refractivity contribution in [2.75, 3.05) is 41.3 Å². The molecule has 12 heteroatoms. The quantitative estimate of drug-likeness (QED) is 0.330. The molecule has 0 radical (unpaired) electrons. The van der Waals surface area contributed by atoms with Crippen LogP contribution in [-0.2, 0) is 0 Å². The molecule has 4 rings (SSSR count). The van der Waals surface area contributed by atoms with Crippen LogP contribution < -0.4 is 38.1 Å². The van der Waals surface area contributed by atoms with E-state index in [1.165, 1.54) is 0 Å². The molecule has 10 nitrogen and oxygen atoms in total. The largest absolute Gasteiger partial charge is 0.338 e. The summed E-state index contributed by atoms with van der Waals surface area (Å²) >= 11 is 2.28. The highest BCUT2D eigenvalue weighted by Gasteiger charge is 2.28. The highest BCUT2D eigenvalue weighted by atomic mass is 127. The highest BCUT2D eigenvalue weighted by molar-refractivity contribution is 14.1. The average molecular weight is 561 g/mol. The van der Waals surface area contributed by atoms with Gasteiger partial charge in [0.1, 0.15) is 0 Å². The molecule has 0 aliphatic carbocycles. The van der Waals surface area contributed by atoms with Crippen molar-refractivity contribution in [1.29, 1.82) is 0 Å². The number of nitrogens with two attached hydrogens (primary N) is 4. The zero-order valence-corrected chi connectivity index (χ0v) is 20.2. The Morgan fingerprint density at radius 1 is 0.806 bits per heavy atom. The summed E-state index contributed by atoms with van der Waals surface area (Å²) < 4.78 is 1.12. The molecule has 0 unspecified atom stereocenters. The van der Waals surface area contributed by atoms with Gasteiger partial charge in [-0.15, -0.1) is 12.4 Å². The summed E-state index contributed by atoms with van der Waals surface area (Å²) in [5, 5.41) is 3.30. The first-order valence-electron chi connectivity index (χ1n) is 10.2. The van der Waals surface area contributed by atoms with Crippen molar-refractivity contribution in [3.63, 3.8) is 0 Å². The number of nitrogens with zero attached hydrogens (tertiary/aromatic N) is 5. The van der Waals surface area contributed by atoms with Crippen molar-refractivity contribution in [3.8, 4) is 0 Å². The predicted octanol–water partition coefficient (Wildman–Crippen LogP) is 0.371. The van der Waals surface area contributed by atoms with Crippen LogP contribution in [0.15, 0.2) is 24.3 Å². The molecule has 31 heavy (non-hydrogen) atoms. The first-order valence-corrected chi connectivity index (χ1v) is 11.2. The molecule has 9 N–H and O–H groups in total. The number of hydrogen-bond donors (Lipinski definition) is 5. The third-order valence-corrected chi connectivity index (χ3v) is 5.96. The summed E-state index contributed by atoms with van der Waals surface area (Å²) in [7, 11) is 0. The van der Waals surface area contributed by atoms with Crippen molar-refractivity contribution in [1.82, 2.24) is 15.0 Å². The van der Waals surface area contributed by atoms with Crippen LogP contribution in [0.25, 0.3) is 0 Å². The molecule has 4 atom stereocenters. The van der Waals surface area contributed by atoms with Crippen LogP contribution in [0.5, 0.6) is 0 Å². The summed E-state index contributed by atoms with van der Waals surface area (Å²) in [5.74, 6) is 1.59. The van der Waals surface area contributed by atoms with Crippen molar-refractivity contribution >= 4 is 58.5 Å². The number of nitrogens with one attached hydrogen (secondary N) is 1. The lowest BCUT2D eigenvalue weighted by Crippen LogP contribution is -2.54. The lowest BCUT2D eigenvalue weighted by Gasteiger charge is -2.37. The number of rotatable bonds is 4. The predicted molar refractivity (Wildman–Crippen MR) is 135 cm³/mol. The highest BCUT2D eigenvalue weighted by Crippen LogP contribution is 2.24. The van der Waals surface area contributed by atoms with Gasteiger partial charge >= 0.3 is 0 Å². The van der Waals surface area contributed by atoms with Gasteiger partial charge in [-0.25, -0.2) is 0 Å². The van der Waals surface area contributed by atoms with Gasteiger partial charge in [0, 0.05) is 59.6 Å². The summed E-state index contributed by atoms with van der Waals surface area (Å²) in [5.41, 5.74) is 25.7. The Bertz CT molecular complexity index is 822. The molecule has 0 bridgehead atoms. The van der Waals surface area contributed by atoms with Gasteiger partial charge in [0.05, 0.1) is 0 Å². The Kier molecular flexibility index (Phi) is 8.10. The SMILES string of the molecule is Cl.N[C@@H]1C[C@H](N)CN(c2nc(Nc3cccc(I)c3)nc(N3C[C@H](N)C[C@H](N)C3)n2)C1. The standard InChI is InChI=1S/C19H29IN10.ClH/c20-11-2-1-3-16(4-11)25-17-26-18(29-7-12(21)5-13(22)8-29)28-19(27-17)30-9-14(23)6-15(24)10-30;/h1-4,12-15H,5-10,21-24H2,(H,25,26,27,28);1H/t12-,13+,14-,15+;. The molecule has 3 heterocycles. The molecule has 0 spiro atoms. The van der Waals surface area contributed by atoms with Crippen LogP contribution in [0.4, 0.5) is 23.5 Å². The van der Waals surface area contributed by atoms with Crippen LogP contribution in [-0.4, -0.2) is 65.3 Å². The molecule has 1 aromatic heterocycles. The van der Waals surface area contributed by atoms with Crippen LogP contribution in [0.3, 0.4) is 0 Å². The number of hydrogen-bond acceptors (Lipinski definition) is 10. The van der Waals surface area contributed by atoms with Gasteiger partial charge in [0.15, 0.2) is 0 Å². The van der Waals surface area contributed by atoms with Crippen molar-refractivity contribution in [2.45, 2.75) is 37.0 Å². The topological polar surface area (TPSA) is 161 Å². The van der Waals surface area contributed by atoms with E-state index in [2.05, 4.69) is 37.9 Å². The molecule has 2 fully saturated rings. The number of piperidine rings is 2. The van der Waals surface area contributed by atoms with E-state index >= 15 is 0 Å². The van der Waals surface area contributed by atoms with E-state index in [1.54, 1.807) is 0 Å². The molecular weight excluding hydrogens is 531 g/mol. The van der Waals surface area contributed by atoms with Gasteiger partial charge in [-0.2, -0.15) is 15.0 Å². The minimum Gasteiger partial charge on any atom is -0.338 e. The minimum atomic E-state index is -0.0158. The first-order chi connectivity index (χ1) is 14.4. The molecule has 170 valence electrons. The maximum Gasteiger partial charge on any atom is 0.233 e. The third kappa shape index (κ3) is 6.26. The fraction of sp³-hybridized carbons (Fsp3) is 0.526. The van der Waals surface area contributed by atoms with E-state index in [-0.39, 0.29) is 36.6 Å². The second-order valence-corrected chi connectivity index (χ2v) is 9.46. The number of anilines is 4. The Balaban J connectivity index is 0.00000272. The molecule has 0 saturated carbocycles. The lowest BCUT2D eigenvalue weighted by molar-refractivity contribution is 0.441. The monoisotopic (exact) mass is 560 g/mol. The zero-order chi connectivity index (χ0) is 21.3. The van der Waals surface area contributed by atoms with E-state index < -0.39 is 0 Å². The van der Waals surface area contributed by atoms with E-state index in [0.29, 0.717) is 44.0 Å². The van der Waals surface area contributed by atoms with Gasteiger partial charge < -0.3 is 38.1 Å². The molecule has 2 aromatic rings. The van der Waals surface area contributed by atoms with Crippen LogP contribution in [0.2, 0.25) is 0 Å². The van der Waals surface area contributed by atoms with E-state index in [1.807, 2.05) is 34.1 Å². The van der Waals surface area contributed by atoms with Gasteiger partial charge in [0.2, 0.25) is 17.8 Å². The molecule has 1 aromatic carbocycles. The van der Waals surface area contributed by atoms with Gasteiger partial charge in [0.25, 0.3) is 0 Å². The van der Waals surface area contributed by atoms with Crippen molar-refractivity contribution < 1.29 is 0 Å². The molecular formula is C19H30ClIN10. The smallest absolute Gasteiger partial charge is 0.233 e. The van der Waals surface area contributed by atoms with Gasteiger partial charge in [-0.3, -0.25) is 0 Å². The lowest BCUT2D eigenvalue weighted by atomic mass is 10.0. The fourth-order valence-corrected chi connectivity index (χ4v) is 4.61. The van der Waals surface area contributed by atoms with Crippen molar-refractivity contribution in [2.24, 2.45) is 22.9 Å². The zero-order valence-electron chi connectivity index (χ0n) is 17.2. The molecule has 2 aliphatic heterocycles. The summed E-state index contributed by atoms with van der Waals surface area (Å²) in [6.07, 6.45) is 1.58. The van der Waals surface area contributed by atoms with Gasteiger partial charge in [-0.05, 0) is 53.6 Å². The normalized spacial score (nSPS) is 26.4. The Morgan fingerprint density at radius 2 is 1.29 bits per heavy atom. The number of aromatic nitrogens is 3. The Morgan fingerprint density at radius 3 is 1.74 bits per heavy atom. The first kappa shape index (κ1) is 24.1. The number of benzene rings is 1. The Labute approximate surface area is 202 Å². The van der Waals surface area contributed by atoms with E-state index in [4.69, 9.17) is 27.9 Å². The third-order valence-electron chi connectivity index (χ3n) is 5.29. The molecule has 2 saturated heterocycles. The van der Waals surface area contributed by atoms with Crippen molar-refractivity contribution in [3.05, 3.63) is 27.8 Å². The van der Waals surface area contributed by atoms with E-state index in [0.717, 1.165) is 22.1 Å². The molecule has 2 aliphatic rings. The van der Waals surface area contributed by atoms with E-state index in [9.17, 15) is 0 Å². The van der Waals surface area contributed by atoms with Crippen LogP contribution >= 0.6 is 35.0 Å². The maximum atomic E-state index is 6.20. The average Bonchev–Trinajstić information content (AvgIpc) is 2.66.